The quantitative estimate of drug-likeness (QED) is 0.299. The Labute approximate surface area is 77.4 Å². The van der Waals surface area contributed by atoms with Gasteiger partial charge < -0.3 is 11.6 Å². The smallest absolute Gasteiger partial charge is 0.168 e. The predicted octanol–water partition coefficient (Wildman–Crippen LogP) is 0.0444. The summed E-state index contributed by atoms with van der Waals surface area (Å²) in [6.07, 6.45) is 0.887. The predicted molar refractivity (Wildman–Crippen MR) is 52.2 cm³/mol. The lowest BCUT2D eigenvalue weighted by Crippen LogP contribution is -2.20. The number of amidine groups is 1. The summed E-state index contributed by atoms with van der Waals surface area (Å²) in [7, 11) is 0. The third-order valence-electron chi connectivity index (χ3n) is 1.89. The van der Waals surface area contributed by atoms with Gasteiger partial charge in [0.25, 0.3) is 0 Å². The van der Waals surface area contributed by atoms with Crippen molar-refractivity contribution in [1.82, 2.24) is 9.78 Å². The molecule has 5 nitrogen and oxygen atoms in total. The molecule has 0 fully saturated rings. The van der Waals surface area contributed by atoms with Gasteiger partial charge in [-0.2, -0.15) is 10.2 Å². The van der Waals surface area contributed by atoms with Crippen molar-refractivity contribution in [3.05, 3.63) is 17.5 Å². The van der Waals surface area contributed by atoms with Crippen LogP contribution in [0.25, 0.3) is 0 Å². The van der Waals surface area contributed by atoms with Crippen molar-refractivity contribution in [3.63, 3.8) is 0 Å². The molecule has 0 aliphatic heterocycles. The zero-order chi connectivity index (χ0) is 9.84. The lowest BCUT2D eigenvalue weighted by molar-refractivity contribution is 0.642. The zero-order valence-electron chi connectivity index (χ0n) is 7.99. The molecular weight excluding hydrogens is 166 g/mol. The zero-order valence-corrected chi connectivity index (χ0v) is 7.99. The highest BCUT2D eigenvalue weighted by Crippen LogP contribution is 2.04. The molecule has 0 bridgehead atoms. The Kier molecular flexibility index (Phi) is 2.89. The Balaban J connectivity index is 3.11. The minimum Gasteiger partial charge on any atom is -0.381 e. The van der Waals surface area contributed by atoms with Crippen LogP contribution in [0.5, 0.6) is 0 Å². The molecule has 1 aromatic heterocycles. The van der Waals surface area contributed by atoms with E-state index < -0.39 is 0 Å². The second-order valence-electron chi connectivity index (χ2n) is 2.70. The summed E-state index contributed by atoms with van der Waals surface area (Å²) in [5.41, 5.74) is 7.40. The second kappa shape index (κ2) is 3.93. The third kappa shape index (κ3) is 1.80. The van der Waals surface area contributed by atoms with Crippen LogP contribution in [0.1, 0.15) is 25.2 Å². The van der Waals surface area contributed by atoms with Crippen LogP contribution in [0, 0.1) is 0 Å². The van der Waals surface area contributed by atoms with Crippen molar-refractivity contribution in [2.75, 3.05) is 0 Å². The molecule has 0 aromatic carbocycles. The summed E-state index contributed by atoms with van der Waals surface area (Å²) in [6.45, 7) is 4.81. The molecule has 0 unspecified atom stereocenters. The van der Waals surface area contributed by atoms with Crippen molar-refractivity contribution in [2.45, 2.75) is 26.8 Å². The molecule has 1 rings (SSSR count). The Morgan fingerprint density at radius 1 is 1.62 bits per heavy atom. The number of nitrogens with two attached hydrogens (primary N) is 2. The van der Waals surface area contributed by atoms with Crippen LogP contribution in [-0.2, 0) is 13.0 Å². The molecule has 0 radical (unpaired) electrons. The summed E-state index contributed by atoms with van der Waals surface area (Å²) in [5.74, 6) is 5.43. The monoisotopic (exact) mass is 181 g/mol. The van der Waals surface area contributed by atoms with Gasteiger partial charge in [0.15, 0.2) is 5.84 Å². The van der Waals surface area contributed by atoms with Crippen LogP contribution in [0.15, 0.2) is 11.2 Å². The topological polar surface area (TPSA) is 82.2 Å². The van der Waals surface area contributed by atoms with Crippen LogP contribution >= 0.6 is 0 Å². The number of aryl methyl sites for hydroxylation is 2. The van der Waals surface area contributed by atoms with E-state index in [-0.39, 0.29) is 0 Å². The number of aromatic nitrogens is 2. The van der Waals surface area contributed by atoms with E-state index in [2.05, 4.69) is 10.2 Å². The summed E-state index contributed by atoms with van der Waals surface area (Å²) >= 11 is 0. The Hall–Kier alpha value is -1.52. The number of rotatable bonds is 3. The Morgan fingerprint density at radius 3 is 2.77 bits per heavy atom. The number of hydrogen-bond donors (Lipinski definition) is 2. The fourth-order valence-corrected chi connectivity index (χ4v) is 1.16. The SMILES string of the molecule is CCc1cc(C(N)=NN)n(CC)n1. The fourth-order valence-electron chi connectivity index (χ4n) is 1.16. The van der Waals surface area contributed by atoms with Gasteiger partial charge in [0.1, 0.15) is 5.69 Å². The minimum atomic E-state index is 0.328. The molecule has 0 aliphatic rings. The third-order valence-corrected chi connectivity index (χ3v) is 1.89. The van der Waals surface area contributed by atoms with E-state index in [1.54, 1.807) is 4.68 Å². The van der Waals surface area contributed by atoms with Gasteiger partial charge in [-0.1, -0.05) is 6.92 Å². The van der Waals surface area contributed by atoms with Crippen LogP contribution in [0.2, 0.25) is 0 Å². The van der Waals surface area contributed by atoms with Gasteiger partial charge in [-0.15, -0.1) is 0 Å². The highest BCUT2D eigenvalue weighted by molar-refractivity contribution is 5.95. The largest absolute Gasteiger partial charge is 0.381 e. The molecule has 72 valence electrons. The first-order valence-corrected chi connectivity index (χ1v) is 4.33. The van der Waals surface area contributed by atoms with Gasteiger partial charge in [-0.25, -0.2) is 0 Å². The van der Waals surface area contributed by atoms with E-state index in [0.29, 0.717) is 5.84 Å². The van der Waals surface area contributed by atoms with E-state index in [1.807, 2.05) is 19.9 Å². The highest BCUT2D eigenvalue weighted by atomic mass is 15.3. The maximum Gasteiger partial charge on any atom is 0.168 e. The minimum absolute atomic E-state index is 0.328. The van der Waals surface area contributed by atoms with E-state index in [9.17, 15) is 0 Å². The van der Waals surface area contributed by atoms with Gasteiger partial charge in [0, 0.05) is 6.54 Å². The number of hydrazone groups is 1. The molecule has 5 heteroatoms. The fraction of sp³-hybridized carbons (Fsp3) is 0.500. The second-order valence-corrected chi connectivity index (χ2v) is 2.70. The average Bonchev–Trinajstić information content (AvgIpc) is 2.59. The molecule has 0 saturated carbocycles. The molecule has 1 aromatic rings. The normalized spacial score (nSPS) is 12.0. The first kappa shape index (κ1) is 9.57. The van der Waals surface area contributed by atoms with E-state index in [4.69, 9.17) is 11.6 Å². The first-order valence-electron chi connectivity index (χ1n) is 4.33. The highest BCUT2D eigenvalue weighted by Gasteiger charge is 2.08. The van der Waals surface area contributed by atoms with Crippen LogP contribution in [-0.4, -0.2) is 15.6 Å². The van der Waals surface area contributed by atoms with Crippen LogP contribution < -0.4 is 11.6 Å². The van der Waals surface area contributed by atoms with Gasteiger partial charge >= 0.3 is 0 Å². The van der Waals surface area contributed by atoms with Gasteiger partial charge in [0.2, 0.25) is 0 Å². The van der Waals surface area contributed by atoms with Gasteiger partial charge in [-0.05, 0) is 19.4 Å². The molecule has 13 heavy (non-hydrogen) atoms. The van der Waals surface area contributed by atoms with E-state index >= 15 is 0 Å². The van der Waals surface area contributed by atoms with E-state index in [1.165, 1.54) is 0 Å². The number of nitrogens with zero attached hydrogens (tertiary/aromatic N) is 3. The summed E-state index contributed by atoms with van der Waals surface area (Å²) < 4.78 is 1.80. The van der Waals surface area contributed by atoms with Crippen LogP contribution in [0.4, 0.5) is 0 Å². The van der Waals surface area contributed by atoms with Crippen molar-refractivity contribution in [2.24, 2.45) is 16.7 Å². The van der Waals surface area contributed by atoms with Gasteiger partial charge in [-0.3, -0.25) is 4.68 Å². The number of hydrogen-bond acceptors (Lipinski definition) is 3. The molecule has 1 heterocycles. The molecule has 4 N–H and O–H groups in total. The van der Waals surface area contributed by atoms with E-state index in [0.717, 1.165) is 24.4 Å². The molecule has 0 amide bonds. The Bertz CT molecular complexity index is 312. The maximum absolute atomic E-state index is 5.60. The summed E-state index contributed by atoms with van der Waals surface area (Å²) in [6, 6.07) is 1.91. The molecule has 0 aliphatic carbocycles. The Morgan fingerprint density at radius 2 is 2.31 bits per heavy atom. The first-order chi connectivity index (χ1) is 6.22. The molecule has 0 atom stereocenters. The van der Waals surface area contributed by atoms with Crippen molar-refractivity contribution in [1.29, 1.82) is 0 Å². The summed E-state index contributed by atoms with van der Waals surface area (Å²) in [5, 5.41) is 7.77. The van der Waals surface area contributed by atoms with Crippen LogP contribution in [0.3, 0.4) is 0 Å². The van der Waals surface area contributed by atoms with Gasteiger partial charge in [0.05, 0.1) is 5.69 Å². The van der Waals surface area contributed by atoms with Crippen molar-refractivity contribution < 1.29 is 0 Å². The lowest BCUT2D eigenvalue weighted by Gasteiger charge is -2.01. The molecule has 0 saturated heterocycles. The summed E-state index contributed by atoms with van der Waals surface area (Å²) in [4.78, 5) is 0. The lowest BCUT2D eigenvalue weighted by atomic mass is 10.3. The molecule has 0 spiro atoms. The maximum atomic E-state index is 5.60. The van der Waals surface area contributed by atoms with Crippen molar-refractivity contribution >= 4 is 5.84 Å². The van der Waals surface area contributed by atoms with Crippen molar-refractivity contribution in [3.8, 4) is 0 Å². The molecular formula is C8H15N5. The average molecular weight is 181 g/mol. The standard InChI is InChI=1S/C8H15N5/c1-3-6-5-7(8(9)11-10)13(4-2)12-6/h5H,3-4,10H2,1-2H3,(H2,9,11).